The fourth-order valence-electron chi connectivity index (χ4n) is 0.849. The molecule has 12 heavy (non-hydrogen) atoms. The first-order valence-corrected chi connectivity index (χ1v) is 4.16. The molecule has 2 N–H and O–H groups in total. The van der Waals surface area contributed by atoms with Gasteiger partial charge in [0.15, 0.2) is 0 Å². The molecule has 0 spiro atoms. The molecule has 0 unspecified atom stereocenters. The van der Waals surface area contributed by atoms with Crippen molar-refractivity contribution in [1.29, 1.82) is 0 Å². The van der Waals surface area contributed by atoms with E-state index in [1.165, 1.54) is 6.21 Å². The van der Waals surface area contributed by atoms with Crippen LogP contribution in [0.25, 0.3) is 0 Å². The third kappa shape index (κ3) is 2.23. The Bertz CT molecular complexity index is 299. The van der Waals surface area contributed by atoms with Crippen LogP contribution in [0.2, 0.25) is 0 Å². The lowest BCUT2D eigenvalue weighted by molar-refractivity contribution is 0.320. The second kappa shape index (κ2) is 4.11. The topological polar surface area (TPSA) is 52.8 Å². The predicted molar refractivity (Wildman–Crippen MR) is 49.8 cm³/mol. The van der Waals surface area contributed by atoms with Crippen molar-refractivity contribution < 1.29 is 10.3 Å². The van der Waals surface area contributed by atoms with Crippen LogP contribution in [0.3, 0.4) is 0 Å². The summed E-state index contributed by atoms with van der Waals surface area (Å²) in [7, 11) is 0. The summed E-state index contributed by atoms with van der Waals surface area (Å²) < 4.78 is 0.824. The van der Waals surface area contributed by atoms with E-state index < -0.39 is 0 Å². The molecule has 0 saturated heterocycles. The van der Waals surface area contributed by atoms with Crippen molar-refractivity contribution in [3.63, 3.8) is 0 Å². The fourth-order valence-corrected chi connectivity index (χ4v) is 1.20. The summed E-state index contributed by atoms with van der Waals surface area (Å²) in [6.07, 6.45) is 1.75. The van der Waals surface area contributed by atoms with Gasteiger partial charge >= 0.3 is 0 Å². The Morgan fingerprint density at radius 1 is 1.50 bits per heavy atom. The van der Waals surface area contributed by atoms with E-state index in [4.69, 9.17) is 5.21 Å². The fraction of sp³-hybridized carbons (Fsp3) is 0.125. The number of halogens is 1. The Kier molecular flexibility index (Phi) is 3.10. The molecule has 0 bridgehead atoms. The Morgan fingerprint density at radius 3 is 2.83 bits per heavy atom. The van der Waals surface area contributed by atoms with Gasteiger partial charge in [-0.2, -0.15) is 0 Å². The van der Waals surface area contributed by atoms with Gasteiger partial charge in [-0.25, -0.2) is 0 Å². The number of phenolic OH excluding ortho intramolecular Hbond substituents is 1. The Morgan fingerprint density at radius 2 is 2.25 bits per heavy atom. The summed E-state index contributed by atoms with van der Waals surface area (Å²) in [5, 5.41) is 20.3. The molecule has 0 saturated carbocycles. The molecule has 1 rings (SSSR count). The van der Waals surface area contributed by atoms with Crippen molar-refractivity contribution in [2.75, 3.05) is 0 Å². The minimum absolute atomic E-state index is 0.198. The summed E-state index contributed by atoms with van der Waals surface area (Å²) in [5.74, 6) is 0.198. The van der Waals surface area contributed by atoms with Gasteiger partial charge in [0.25, 0.3) is 0 Å². The van der Waals surface area contributed by atoms with Gasteiger partial charge in [0.05, 0.1) is 0 Å². The van der Waals surface area contributed by atoms with Crippen molar-refractivity contribution >= 4 is 22.1 Å². The highest BCUT2D eigenvalue weighted by atomic mass is 79.9. The average molecular weight is 230 g/mol. The second-order valence-corrected chi connectivity index (χ2v) is 3.19. The van der Waals surface area contributed by atoms with Crippen molar-refractivity contribution in [3.05, 3.63) is 28.2 Å². The third-order valence-corrected chi connectivity index (χ3v) is 1.93. The largest absolute Gasteiger partial charge is 0.508 e. The van der Waals surface area contributed by atoms with E-state index in [-0.39, 0.29) is 5.75 Å². The van der Waals surface area contributed by atoms with Gasteiger partial charge in [0, 0.05) is 17.1 Å². The number of aromatic hydroxyl groups is 1. The molecule has 0 radical (unpaired) electrons. The Balaban J connectivity index is 2.86. The maximum Gasteiger partial charge on any atom is 0.120 e. The normalized spacial score (nSPS) is 10.8. The lowest BCUT2D eigenvalue weighted by Gasteiger charge is -2.00. The summed E-state index contributed by atoms with van der Waals surface area (Å²) in [6.45, 7) is 0. The van der Waals surface area contributed by atoms with E-state index in [1.807, 2.05) is 6.07 Å². The molecule has 1 aromatic carbocycles. The van der Waals surface area contributed by atoms with Crippen molar-refractivity contribution in [2.45, 2.75) is 6.42 Å². The SMILES string of the molecule is O/N=C/Cc1ccc(Br)cc1O. The highest BCUT2D eigenvalue weighted by Gasteiger charge is 1.99. The van der Waals surface area contributed by atoms with Crippen LogP contribution >= 0.6 is 15.9 Å². The molecule has 3 nitrogen and oxygen atoms in total. The highest BCUT2D eigenvalue weighted by molar-refractivity contribution is 9.10. The average Bonchev–Trinajstić information content (AvgIpc) is 2.03. The molecule has 0 atom stereocenters. The van der Waals surface area contributed by atoms with Gasteiger partial charge < -0.3 is 10.3 Å². The van der Waals surface area contributed by atoms with E-state index >= 15 is 0 Å². The maximum absolute atomic E-state index is 9.34. The van der Waals surface area contributed by atoms with E-state index in [0.717, 1.165) is 10.0 Å². The smallest absolute Gasteiger partial charge is 0.120 e. The van der Waals surface area contributed by atoms with Gasteiger partial charge in [-0.3, -0.25) is 0 Å². The Hall–Kier alpha value is -1.03. The first kappa shape index (κ1) is 9.06. The number of hydrogen-bond donors (Lipinski definition) is 2. The van der Waals surface area contributed by atoms with Gasteiger partial charge in [-0.1, -0.05) is 22.0 Å². The molecular weight excluding hydrogens is 222 g/mol. The third-order valence-electron chi connectivity index (χ3n) is 1.44. The van der Waals surface area contributed by atoms with Crippen LogP contribution in [-0.2, 0) is 6.42 Å². The standard InChI is InChI=1S/C8H8BrNO2/c9-7-2-1-6(3-4-10-12)8(11)5-7/h1-2,4-5,11-12H,3H2/b10-4+. The van der Waals surface area contributed by atoms with Crippen molar-refractivity contribution in [3.8, 4) is 5.75 Å². The summed E-state index contributed by atoms with van der Waals surface area (Å²) in [6, 6.07) is 5.18. The quantitative estimate of drug-likeness (QED) is 0.464. The number of oxime groups is 1. The zero-order valence-corrected chi connectivity index (χ0v) is 7.82. The Labute approximate surface area is 78.5 Å². The number of hydrogen-bond acceptors (Lipinski definition) is 3. The van der Waals surface area contributed by atoms with Gasteiger partial charge in [0.1, 0.15) is 5.75 Å². The molecule has 4 heteroatoms. The van der Waals surface area contributed by atoms with Crippen LogP contribution in [0.4, 0.5) is 0 Å². The monoisotopic (exact) mass is 229 g/mol. The molecular formula is C8H8BrNO2. The van der Waals surface area contributed by atoms with Gasteiger partial charge in [-0.05, 0) is 17.7 Å². The van der Waals surface area contributed by atoms with E-state index in [1.54, 1.807) is 12.1 Å². The van der Waals surface area contributed by atoms with Gasteiger partial charge in [-0.15, -0.1) is 5.16 Å². The van der Waals surface area contributed by atoms with Crippen LogP contribution in [0, 0.1) is 0 Å². The number of rotatable bonds is 2. The molecule has 0 fully saturated rings. The molecule has 0 aromatic heterocycles. The van der Waals surface area contributed by atoms with Crippen molar-refractivity contribution in [1.82, 2.24) is 0 Å². The molecule has 1 aromatic rings. The predicted octanol–water partition coefficient (Wildman–Crippen LogP) is 2.16. The van der Waals surface area contributed by atoms with Crippen molar-refractivity contribution in [2.24, 2.45) is 5.16 Å². The minimum atomic E-state index is 0.198. The van der Waals surface area contributed by atoms with Crippen LogP contribution in [0.1, 0.15) is 5.56 Å². The van der Waals surface area contributed by atoms with Crippen LogP contribution in [0.15, 0.2) is 27.8 Å². The molecule has 64 valence electrons. The zero-order chi connectivity index (χ0) is 8.97. The second-order valence-electron chi connectivity index (χ2n) is 2.28. The zero-order valence-electron chi connectivity index (χ0n) is 6.24. The van der Waals surface area contributed by atoms with E-state index in [0.29, 0.717) is 6.42 Å². The molecule has 0 amide bonds. The molecule has 0 aliphatic rings. The minimum Gasteiger partial charge on any atom is -0.508 e. The lowest BCUT2D eigenvalue weighted by Crippen LogP contribution is -1.86. The van der Waals surface area contributed by atoms with Crippen LogP contribution < -0.4 is 0 Å². The first-order valence-electron chi connectivity index (χ1n) is 3.37. The number of nitrogens with zero attached hydrogens (tertiary/aromatic N) is 1. The van der Waals surface area contributed by atoms with Gasteiger partial charge in [0.2, 0.25) is 0 Å². The molecule has 0 heterocycles. The summed E-state index contributed by atoms with van der Waals surface area (Å²) in [4.78, 5) is 0. The maximum atomic E-state index is 9.34. The molecule has 0 aliphatic heterocycles. The summed E-state index contributed by atoms with van der Waals surface area (Å²) >= 11 is 3.22. The highest BCUT2D eigenvalue weighted by Crippen LogP contribution is 2.21. The number of phenols is 1. The van der Waals surface area contributed by atoms with Crippen LogP contribution in [0.5, 0.6) is 5.75 Å². The first-order chi connectivity index (χ1) is 5.74. The molecule has 0 aliphatic carbocycles. The lowest BCUT2D eigenvalue weighted by atomic mass is 10.1. The van der Waals surface area contributed by atoms with E-state index in [2.05, 4.69) is 21.1 Å². The van der Waals surface area contributed by atoms with Crippen LogP contribution in [-0.4, -0.2) is 16.5 Å². The summed E-state index contributed by atoms with van der Waals surface area (Å²) in [5.41, 5.74) is 0.732. The van der Waals surface area contributed by atoms with E-state index in [9.17, 15) is 5.11 Å². The number of benzene rings is 1.